The Labute approximate surface area is 183 Å². The Bertz CT molecular complexity index is 1150. The third-order valence-electron chi connectivity index (χ3n) is 6.91. The number of fused-ring (bicyclic) bond motifs is 4. The van der Waals surface area contributed by atoms with E-state index < -0.39 is 0 Å². The third-order valence-corrected chi connectivity index (χ3v) is 6.91. The topological polar surface area (TPSA) is 49.8 Å². The fourth-order valence-electron chi connectivity index (χ4n) is 5.33. The molecule has 0 saturated heterocycles. The first kappa shape index (κ1) is 19.9. The zero-order chi connectivity index (χ0) is 21.4. The molecule has 2 atom stereocenters. The van der Waals surface area contributed by atoms with Crippen molar-refractivity contribution < 1.29 is 14.6 Å². The molecule has 1 saturated carbocycles. The summed E-state index contributed by atoms with van der Waals surface area (Å²) < 4.78 is 6.24. The van der Waals surface area contributed by atoms with Crippen LogP contribution in [-0.2, 0) is 4.79 Å². The summed E-state index contributed by atoms with van der Waals surface area (Å²) in [6.07, 6.45) is 6.80. The smallest absolute Gasteiger partial charge is 0.178 e. The second-order valence-corrected chi connectivity index (χ2v) is 8.79. The number of hydrogen-bond donors (Lipinski definition) is 1. The summed E-state index contributed by atoms with van der Waals surface area (Å²) in [6.45, 7) is 3.13. The van der Waals surface area contributed by atoms with Crippen LogP contribution < -0.4 is 15.2 Å². The highest BCUT2D eigenvalue weighted by Gasteiger charge is 2.35. The van der Waals surface area contributed by atoms with Crippen LogP contribution in [0.3, 0.4) is 0 Å². The molecule has 31 heavy (non-hydrogen) atoms. The molecule has 1 aliphatic carbocycles. The highest BCUT2D eigenvalue weighted by atomic mass is 16.5. The summed E-state index contributed by atoms with van der Waals surface area (Å²) in [4.78, 5) is 14.3. The second kappa shape index (κ2) is 8.26. The lowest BCUT2D eigenvalue weighted by Crippen LogP contribution is -2.52. The van der Waals surface area contributed by atoms with E-state index in [1.807, 2.05) is 12.1 Å². The number of ether oxygens (including phenoxy) is 1. The first-order valence-corrected chi connectivity index (χ1v) is 11.4. The molecule has 5 rings (SSSR count). The van der Waals surface area contributed by atoms with E-state index in [-0.39, 0.29) is 17.6 Å². The maximum Gasteiger partial charge on any atom is 0.178 e. The fraction of sp³-hybridized carbons (Fsp3) is 0.370. The fourth-order valence-corrected chi connectivity index (χ4v) is 5.33. The molecule has 0 bridgehead atoms. The van der Waals surface area contributed by atoms with Crippen LogP contribution in [0.2, 0.25) is 0 Å². The van der Waals surface area contributed by atoms with Crippen LogP contribution in [0.1, 0.15) is 50.5 Å². The Morgan fingerprint density at radius 3 is 2.77 bits per heavy atom. The Kier molecular flexibility index (Phi) is 5.31. The molecule has 2 aromatic rings. The summed E-state index contributed by atoms with van der Waals surface area (Å²) in [5.74, 6) is 1.19. The first-order chi connectivity index (χ1) is 15.2. The lowest BCUT2D eigenvalue weighted by Gasteiger charge is -2.42. The Morgan fingerprint density at radius 1 is 1.13 bits per heavy atom. The van der Waals surface area contributed by atoms with E-state index in [1.54, 1.807) is 0 Å². The molecule has 2 heterocycles. The number of hydrogen-bond acceptors (Lipinski definition) is 4. The average Bonchev–Trinajstić information content (AvgIpc) is 2.80. The highest BCUT2D eigenvalue weighted by molar-refractivity contribution is 5.97. The lowest BCUT2D eigenvalue weighted by atomic mass is 9.83. The van der Waals surface area contributed by atoms with Gasteiger partial charge in [-0.2, -0.15) is 0 Å². The van der Waals surface area contributed by atoms with E-state index in [0.29, 0.717) is 19.1 Å². The molecule has 0 radical (unpaired) electrons. The molecule has 160 valence electrons. The van der Waals surface area contributed by atoms with Crippen molar-refractivity contribution in [3.63, 3.8) is 0 Å². The Morgan fingerprint density at radius 2 is 1.97 bits per heavy atom. The van der Waals surface area contributed by atoms with Gasteiger partial charge in [-0.05, 0) is 54.2 Å². The molecule has 1 N–H and O–H groups in total. The molecule has 0 amide bonds. The molecule has 4 nitrogen and oxygen atoms in total. The van der Waals surface area contributed by atoms with Gasteiger partial charge < -0.3 is 14.7 Å². The summed E-state index contributed by atoms with van der Waals surface area (Å²) in [6, 6.07) is 16.9. The summed E-state index contributed by atoms with van der Waals surface area (Å²) in [7, 11) is 0. The number of nitrogens with zero attached hydrogens (tertiary/aromatic N) is 1. The van der Waals surface area contributed by atoms with Gasteiger partial charge in [0, 0.05) is 17.2 Å². The number of rotatable bonds is 5. The van der Waals surface area contributed by atoms with Gasteiger partial charge in [-0.25, -0.2) is 0 Å². The molecule has 0 aromatic heterocycles. The van der Waals surface area contributed by atoms with Crippen molar-refractivity contribution >= 4 is 17.1 Å². The normalized spacial score (nSPS) is 21.1. The van der Waals surface area contributed by atoms with Crippen LogP contribution in [0.5, 0.6) is 5.75 Å². The molecule has 4 heteroatoms. The number of carbonyl (C=O) groups is 1. The van der Waals surface area contributed by atoms with Crippen LogP contribution in [0, 0.1) is 0 Å². The van der Waals surface area contributed by atoms with E-state index >= 15 is 0 Å². The van der Waals surface area contributed by atoms with E-state index in [1.165, 1.54) is 28.9 Å². The largest absolute Gasteiger partial charge is 0.506 e. The maximum absolute atomic E-state index is 12.2. The van der Waals surface area contributed by atoms with Crippen molar-refractivity contribution in [3.05, 3.63) is 76.4 Å². The monoisotopic (exact) mass is 415 g/mol. The van der Waals surface area contributed by atoms with Crippen LogP contribution in [0.15, 0.2) is 60.4 Å². The summed E-state index contributed by atoms with van der Waals surface area (Å²) >= 11 is 0. The molecule has 1 unspecified atom stereocenters. The SMILES string of the molecule is CCC(COc1ccc2c(c1)=C1C(O)=CC(=O)CN1[C@H]1CCCCC=21)c1ccccc1. The van der Waals surface area contributed by atoms with Crippen molar-refractivity contribution in [2.24, 2.45) is 0 Å². The second-order valence-electron chi connectivity index (χ2n) is 8.79. The van der Waals surface area contributed by atoms with E-state index in [2.05, 4.69) is 48.2 Å². The van der Waals surface area contributed by atoms with Gasteiger partial charge in [0.1, 0.15) is 11.5 Å². The minimum absolute atomic E-state index is 0.0318. The molecular formula is C27H29NO3. The summed E-state index contributed by atoms with van der Waals surface area (Å²) in [5.41, 5.74) is 3.47. The lowest BCUT2D eigenvalue weighted by molar-refractivity contribution is -0.115. The Balaban J connectivity index is 1.54. The maximum atomic E-state index is 12.2. The first-order valence-electron chi connectivity index (χ1n) is 11.4. The van der Waals surface area contributed by atoms with Crippen molar-refractivity contribution in [3.8, 4) is 5.75 Å². The van der Waals surface area contributed by atoms with Crippen LogP contribution in [0.25, 0.3) is 11.3 Å². The van der Waals surface area contributed by atoms with Crippen LogP contribution in [-0.4, -0.2) is 35.0 Å². The van der Waals surface area contributed by atoms with E-state index in [9.17, 15) is 9.90 Å². The van der Waals surface area contributed by atoms with Crippen molar-refractivity contribution in [1.82, 2.24) is 4.90 Å². The van der Waals surface area contributed by atoms with Gasteiger partial charge >= 0.3 is 0 Å². The van der Waals surface area contributed by atoms with Gasteiger partial charge in [0.25, 0.3) is 0 Å². The van der Waals surface area contributed by atoms with Gasteiger partial charge in [-0.15, -0.1) is 0 Å². The minimum atomic E-state index is -0.0318. The van der Waals surface area contributed by atoms with Gasteiger partial charge in [0.05, 0.1) is 24.9 Å². The molecular weight excluding hydrogens is 386 g/mol. The standard InChI is InChI=1S/C27H29NO3/c1-2-18(19-8-4-3-5-9-19)17-31-21-12-13-22-23-10-6-7-11-25(23)28-16-20(29)14-26(30)27(28)24(22)15-21/h3-5,8-9,12-15,18,25,30H,2,6-7,10-11,16-17H2,1H3/t18?,25-/m0/s1. The van der Waals surface area contributed by atoms with Crippen LogP contribution >= 0.6 is 0 Å². The summed E-state index contributed by atoms with van der Waals surface area (Å²) in [5, 5.41) is 12.9. The highest BCUT2D eigenvalue weighted by Crippen LogP contribution is 2.35. The van der Waals surface area contributed by atoms with Crippen molar-refractivity contribution in [1.29, 1.82) is 0 Å². The van der Waals surface area contributed by atoms with Crippen molar-refractivity contribution in [2.45, 2.75) is 51.0 Å². The number of aliphatic hydroxyl groups is 1. The van der Waals surface area contributed by atoms with Gasteiger partial charge in [0.15, 0.2) is 5.78 Å². The molecule has 0 spiro atoms. The molecule has 2 aliphatic heterocycles. The number of benzene rings is 2. The number of ketones is 1. The zero-order valence-electron chi connectivity index (χ0n) is 18.0. The minimum Gasteiger partial charge on any atom is -0.506 e. The number of carbonyl (C=O) groups excluding carboxylic acids is 1. The molecule has 1 fully saturated rings. The van der Waals surface area contributed by atoms with E-state index in [0.717, 1.165) is 42.3 Å². The molecule has 2 aromatic carbocycles. The predicted octanol–water partition coefficient (Wildman–Crippen LogP) is 3.80. The third kappa shape index (κ3) is 3.65. The van der Waals surface area contributed by atoms with Crippen LogP contribution in [0.4, 0.5) is 0 Å². The predicted molar refractivity (Wildman–Crippen MR) is 122 cm³/mol. The Hall–Kier alpha value is -3.01. The zero-order valence-corrected chi connectivity index (χ0v) is 18.0. The van der Waals surface area contributed by atoms with Gasteiger partial charge in [0.2, 0.25) is 0 Å². The molecule has 3 aliphatic rings. The quantitative estimate of drug-likeness (QED) is 0.807. The van der Waals surface area contributed by atoms with E-state index in [4.69, 9.17) is 4.74 Å². The number of aliphatic hydroxyl groups excluding tert-OH is 1. The van der Waals surface area contributed by atoms with Gasteiger partial charge in [-0.3, -0.25) is 4.79 Å². The average molecular weight is 416 g/mol. The van der Waals surface area contributed by atoms with Crippen molar-refractivity contribution in [2.75, 3.05) is 13.2 Å². The van der Waals surface area contributed by atoms with Gasteiger partial charge in [-0.1, -0.05) is 49.7 Å².